The van der Waals surface area contributed by atoms with Crippen molar-refractivity contribution in [3.8, 4) is 0 Å². The molecule has 0 aromatic rings. The SMILES string of the molecule is C/C=C/C(=O)C[C@@H]1CC[C@H](C)[C@H](CC(=O)NC[C@H](O)[C@H](C)C(=O)NCCC[C@H]2O[C@@]3(CCC[C@@H](CC[C@H](C)/C=C(\C)[C@H](C)O)O3)CC[C@@H]2C)O1. The normalized spacial score (nSPS) is 31.6. The third-order valence-corrected chi connectivity index (χ3v) is 11.2. The first-order valence-electron chi connectivity index (χ1n) is 19.5. The van der Waals surface area contributed by atoms with E-state index in [1.54, 1.807) is 26.0 Å². The lowest BCUT2D eigenvalue weighted by Crippen LogP contribution is -2.50. The Kier molecular flexibility index (Phi) is 17.6. The maximum Gasteiger partial charge on any atom is 0.225 e. The lowest BCUT2D eigenvalue weighted by molar-refractivity contribution is -0.324. The van der Waals surface area contributed by atoms with Gasteiger partial charge in [-0.05, 0) is 108 Å². The molecule has 0 bridgehead atoms. The molecule has 0 aliphatic carbocycles. The quantitative estimate of drug-likeness (QED) is 0.0782. The fourth-order valence-electron chi connectivity index (χ4n) is 7.51. The standard InChI is InChI=1S/C40H68N2O8/c1-8-11-32(44)23-34-17-15-27(3)37(48-34)24-38(46)42-25-35(45)30(6)39(47)41-21-10-13-36-28(4)18-20-40(50-36)19-9-12-33(49-40)16-14-26(2)22-29(5)31(7)43/h8,11,22,26-28,30-31,33-37,43,45H,9-10,12-21,23-25H2,1-7H3,(H,41,47)(H,42,46)/b11-8+,29-22+/t26-,27-,28-,30-,31-,33-,34-,35-,36+,37-,40-/m0/s1. The highest BCUT2D eigenvalue weighted by Gasteiger charge is 2.44. The van der Waals surface area contributed by atoms with Crippen LogP contribution in [0.1, 0.15) is 132 Å². The van der Waals surface area contributed by atoms with Crippen molar-refractivity contribution in [2.75, 3.05) is 13.1 Å². The molecule has 11 atom stereocenters. The highest BCUT2D eigenvalue weighted by molar-refractivity contribution is 5.89. The molecule has 0 aromatic heterocycles. The predicted octanol–water partition coefficient (Wildman–Crippen LogP) is 5.93. The van der Waals surface area contributed by atoms with Crippen LogP contribution in [0.4, 0.5) is 0 Å². The Morgan fingerprint density at radius 2 is 1.64 bits per heavy atom. The van der Waals surface area contributed by atoms with Crippen LogP contribution in [0.15, 0.2) is 23.8 Å². The van der Waals surface area contributed by atoms with Gasteiger partial charge in [-0.2, -0.15) is 0 Å². The van der Waals surface area contributed by atoms with E-state index in [9.17, 15) is 24.6 Å². The number of aliphatic hydroxyl groups is 2. The molecule has 3 aliphatic heterocycles. The Balaban J connectivity index is 1.36. The summed E-state index contributed by atoms with van der Waals surface area (Å²) in [5.41, 5.74) is 1.01. The van der Waals surface area contributed by atoms with Crippen molar-refractivity contribution in [1.82, 2.24) is 10.6 Å². The van der Waals surface area contributed by atoms with Gasteiger partial charge in [0.1, 0.15) is 0 Å². The molecule has 286 valence electrons. The van der Waals surface area contributed by atoms with Crippen LogP contribution in [0.25, 0.3) is 0 Å². The van der Waals surface area contributed by atoms with Crippen LogP contribution in [0.5, 0.6) is 0 Å². The van der Waals surface area contributed by atoms with Gasteiger partial charge in [0.2, 0.25) is 11.8 Å². The highest BCUT2D eigenvalue weighted by atomic mass is 16.7. The monoisotopic (exact) mass is 704 g/mol. The Hall–Kier alpha value is -2.11. The third kappa shape index (κ3) is 13.8. The van der Waals surface area contributed by atoms with Crippen molar-refractivity contribution in [3.05, 3.63) is 23.8 Å². The van der Waals surface area contributed by atoms with Crippen LogP contribution < -0.4 is 10.6 Å². The molecule has 2 amide bonds. The van der Waals surface area contributed by atoms with E-state index in [0.717, 1.165) is 76.2 Å². The molecule has 0 unspecified atom stereocenters. The number of hydrogen-bond donors (Lipinski definition) is 4. The van der Waals surface area contributed by atoms with Crippen molar-refractivity contribution in [2.45, 2.75) is 174 Å². The minimum Gasteiger partial charge on any atom is -0.390 e. The van der Waals surface area contributed by atoms with Crippen LogP contribution in [-0.2, 0) is 28.6 Å². The molecule has 0 aromatic carbocycles. The minimum absolute atomic E-state index is 0.0223. The summed E-state index contributed by atoms with van der Waals surface area (Å²) in [6.07, 6.45) is 14.5. The number of amides is 2. The van der Waals surface area contributed by atoms with Gasteiger partial charge >= 0.3 is 0 Å². The fourth-order valence-corrected chi connectivity index (χ4v) is 7.51. The molecule has 3 saturated heterocycles. The molecule has 3 fully saturated rings. The fraction of sp³-hybridized carbons (Fsp3) is 0.825. The summed E-state index contributed by atoms with van der Waals surface area (Å²) in [5, 5.41) is 26.2. The molecule has 3 rings (SSSR count). The van der Waals surface area contributed by atoms with Gasteiger partial charge in [-0.15, -0.1) is 0 Å². The molecule has 3 heterocycles. The van der Waals surface area contributed by atoms with E-state index in [1.165, 1.54) is 0 Å². The second-order valence-corrected chi connectivity index (χ2v) is 15.7. The number of allylic oxidation sites excluding steroid dienone is 3. The Morgan fingerprint density at radius 1 is 0.900 bits per heavy atom. The molecule has 0 radical (unpaired) electrons. The van der Waals surface area contributed by atoms with Crippen molar-refractivity contribution in [1.29, 1.82) is 0 Å². The molecular formula is C40H68N2O8. The molecule has 4 N–H and O–H groups in total. The summed E-state index contributed by atoms with van der Waals surface area (Å²) in [5.74, 6) is -0.680. The van der Waals surface area contributed by atoms with Crippen LogP contribution in [0, 0.1) is 23.7 Å². The van der Waals surface area contributed by atoms with E-state index in [0.29, 0.717) is 24.8 Å². The van der Waals surface area contributed by atoms with Gasteiger partial charge < -0.3 is 35.1 Å². The number of rotatable bonds is 18. The average molecular weight is 705 g/mol. The summed E-state index contributed by atoms with van der Waals surface area (Å²) in [7, 11) is 0. The van der Waals surface area contributed by atoms with Crippen LogP contribution in [-0.4, -0.2) is 83.3 Å². The van der Waals surface area contributed by atoms with E-state index in [2.05, 4.69) is 30.6 Å². The molecule has 0 saturated carbocycles. The van der Waals surface area contributed by atoms with Crippen LogP contribution in [0.3, 0.4) is 0 Å². The molecule has 50 heavy (non-hydrogen) atoms. The van der Waals surface area contributed by atoms with E-state index in [-0.39, 0.29) is 60.9 Å². The van der Waals surface area contributed by atoms with E-state index < -0.39 is 23.9 Å². The summed E-state index contributed by atoms with van der Waals surface area (Å²) >= 11 is 0. The first-order chi connectivity index (χ1) is 23.7. The molecule has 1 spiro atoms. The maximum absolute atomic E-state index is 12.9. The average Bonchev–Trinajstić information content (AvgIpc) is 3.07. The number of ether oxygens (including phenoxy) is 3. The number of ketones is 1. The van der Waals surface area contributed by atoms with Crippen molar-refractivity contribution >= 4 is 17.6 Å². The summed E-state index contributed by atoms with van der Waals surface area (Å²) in [4.78, 5) is 37.6. The first kappa shape index (κ1) is 42.3. The second kappa shape index (κ2) is 20.8. The van der Waals surface area contributed by atoms with Crippen LogP contribution in [0.2, 0.25) is 0 Å². The van der Waals surface area contributed by atoms with Gasteiger partial charge in [0.05, 0.1) is 49.0 Å². The minimum atomic E-state index is -1.02. The molecule has 10 heteroatoms. The first-order valence-corrected chi connectivity index (χ1v) is 19.5. The number of carbonyl (C=O) groups is 3. The van der Waals surface area contributed by atoms with Gasteiger partial charge in [-0.3, -0.25) is 14.4 Å². The zero-order valence-electron chi connectivity index (χ0n) is 32.0. The van der Waals surface area contributed by atoms with Gasteiger partial charge in [-0.1, -0.05) is 39.8 Å². The van der Waals surface area contributed by atoms with E-state index in [1.807, 2.05) is 20.8 Å². The van der Waals surface area contributed by atoms with Gasteiger partial charge in [0.15, 0.2) is 11.6 Å². The predicted molar refractivity (Wildman–Crippen MR) is 195 cm³/mol. The van der Waals surface area contributed by atoms with E-state index >= 15 is 0 Å². The summed E-state index contributed by atoms with van der Waals surface area (Å²) in [6.45, 7) is 14.2. The zero-order valence-corrected chi connectivity index (χ0v) is 32.0. The molecule has 10 nitrogen and oxygen atoms in total. The van der Waals surface area contributed by atoms with Crippen molar-refractivity contribution in [2.24, 2.45) is 23.7 Å². The second-order valence-electron chi connectivity index (χ2n) is 15.7. The Bertz CT molecular complexity index is 1140. The van der Waals surface area contributed by atoms with E-state index in [4.69, 9.17) is 14.2 Å². The van der Waals surface area contributed by atoms with Crippen molar-refractivity contribution < 1.29 is 38.8 Å². The lowest BCUT2D eigenvalue weighted by Gasteiger charge is -2.48. The zero-order chi connectivity index (χ0) is 36.8. The summed E-state index contributed by atoms with van der Waals surface area (Å²) in [6, 6.07) is 0. The Morgan fingerprint density at radius 3 is 2.36 bits per heavy atom. The third-order valence-electron chi connectivity index (χ3n) is 11.2. The smallest absolute Gasteiger partial charge is 0.225 e. The molecule has 3 aliphatic rings. The van der Waals surface area contributed by atoms with Gasteiger partial charge in [0, 0.05) is 32.4 Å². The number of aliphatic hydroxyl groups excluding tert-OH is 2. The lowest BCUT2D eigenvalue weighted by atomic mass is 9.85. The maximum atomic E-state index is 12.9. The number of hydrogen-bond acceptors (Lipinski definition) is 8. The van der Waals surface area contributed by atoms with Crippen molar-refractivity contribution in [3.63, 3.8) is 0 Å². The Labute approximate surface area is 301 Å². The summed E-state index contributed by atoms with van der Waals surface area (Å²) < 4.78 is 19.5. The van der Waals surface area contributed by atoms with Gasteiger partial charge in [0.25, 0.3) is 0 Å². The highest BCUT2D eigenvalue weighted by Crippen LogP contribution is 2.43. The van der Waals surface area contributed by atoms with Crippen LogP contribution >= 0.6 is 0 Å². The largest absolute Gasteiger partial charge is 0.390 e. The molecular weight excluding hydrogens is 636 g/mol. The topological polar surface area (TPSA) is 143 Å². The number of carbonyl (C=O) groups excluding carboxylic acids is 3. The number of nitrogens with one attached hydrogen (secondary N) is 2. The van der Waals surface area contributed by atoms with Gasteiger partial charge in [-0.25, -0.2) is 0 Å².